The molecule has 1 aromatic carbocycles. The number of hydrogen-bond donors (Lipinski definition) is 1. The second kappa shape index (κ2) is 8.16. The SMILES string of the molecule is Cc1cccc(NC(=O)C2CSCN2C(=O)Cc2nc(-c3ccco3)oc2C)c1. The minimum Gasteiger partial charge on any atom is -0.459 e. The average molecular weight is 411 g/mol. The molecule has 0 aliphatic carbocycles. The molecule has 0 radical (unpaired) electrons. The van der Waals surface area contributed by atoms with Gasteiger partial charge in [0.15, 0.2) is 5.76 Å². The zero-order valence-electron chi connectivity index (χ0n) is 16.2. The first-order chi connectivity index (χ1) is 14.0. The van der Waals surface area contributed by atoms with Crippen molar-refractivity contribution in [3.05, 3.63) is 59.7 Å². The van der Waals surface area contributed by atoms with Crippen LogP contribution in [0.15, 0.2) is 51.5 Å². The Labute approximate surface area is 172 Å². The maximum Gasteiger partial charge on any atom is 0.263 e. The lowest BCUT2D eigenvalue weighted by molar-refractivity contribution is -0.135. The number of furan rings is 1. The topological polar surface area (TPSA) is 88.6 Å². The molecule has 8 heteroatoms. The van der Waals surface area contributed by atoms with E-state index in [0.29, 0.717) is 34.7 Å². The normalized spacial score (nSPS) is 16.2. The second-order valence-electron chi connectivity index (χ2n) is 6.91. The molecule has 3 heterocycles. The van der Waals surface area contributed by atoms with Gasteiger partial charge >= 0.3 is 0 Å². The van der Waals surface area contributed by atoms with Gasteiger partial charge in [0.25, 0.3) is 5.89 Å². The number of benzene rings is 1. The van der Waals surface area contributed by atoms with Crippen molar-refractivity contribution in [2.24, 2.45) is 0 Å². The molecule has 29 heavy (non-hydrogen) atoms. The Kier molecular flexibility index (Phi) is 5.44. The largest absolute Gasteiger partial charge is 0.459 e. The van der Waals surface area contributed by atoms with Gasteiger partial charge in [0.05, 0.1) is 24.3 Å². The maximum absolute atomic E-state index is 12.9. The van der Waals surface area contributed by atoms with Crippen molar-refractivity contribution in [3.63, 3.8) is 0 Å². The lowest BCUT2D eigenvalue weighted by Crippen LogP contribution is -2.45. The van der Waals surface area contributed by atoms with Crippen LogP contribution in [-0.2, 0) is 16.0 Å². The highest BCUT2D eigenvalue weighted by Gasteiger charge is 2.35. The third kappa shape index (κ3) is 4.22. The number of hydrogen-bond acceptors (Lipinski definition) is 6. The molecule has 1 saturated heterocycles. The highest BCUT2D eigenvalue weighted by molar-refractivity contribution is 7.99. The van der Waals surface area contributed by atoms with E-state index in [2.05, 4.69) is 10.3 Å². The Hall–Kier alpha value is -3.00. The van der Waals surface area contributed by atoms with E-state index in [1.807, 2.05) is 31.2 Å². The van der Waals surface area contributed by atoms with Gasteiger partial charge in [-0.05, 0) is 43.7 Å². The molecule has 3 aromatic rings. The van der Waals surface area contributed by atoms with Gasteiger partial charge in [0.2, 0.25) is 11.8 Å². The van der Waals surface area contributed by atoms with Gasteiger partial charge in [-0.1, -0.05) is 12.1 Å². The average Bonchev–Trinajstić information content (AvgIpc) is 3.43. The van der Waals surface area contributed by atoms with Gasteiger partial charge in [-0.15, -0.1) is 11.8 Å². The Morgan fingerprint density at radius 3 is 2.90 bits per heavy atom. The summed E-state index contributed by atoms with van der Waals surface area (Å²) in [6, 6.07) is 10.6. The first-order valence-electron chi connectivity index (χ1n) is 9.26. The Morgan fingerprint density at radius 1 is 1.28 bits per heavy atom. The number of aromatic nitrogens is 1. The summed E-state index contributed by atoms with van der Waals surface area (Å²) in [4.78, 5) is 31.7. The van der Waals surface area contributed by atoms with Crippen LogP contribution in [0.3, 0.4) is 0 Å². The predicted molar refractivity (Wildman–Crippen MR) is 110 cm³/mol. The van der Waals surface area contributed by atoms with Gasteiger partial charge < -0.3 is 19.1 Å². The fourth-order valence-electron chi connectivity index (χ4n) is 3.20. The Balaban J connectivity index is 1.45. The molecule has 1 fully saturated rings. The molecule has 2 aromatic heterocycles. The molecule has 1 atom stereocenters. The molecule has 0 saturated carbocycles. The zero-order valence-corrected chi connectivity index (χ0v) is 17.0. The van der Waals surface area contributed by atoms with Crippen LogP contribution in [0.4, 0.5) is 5.69 Å². The third-order valence-electron chi connectivity index (χ3n) is 4.73. The summed E-state index contributed by atoms with van der Waals surface area (Å²) in [6.07, 6.45) is 1.61. The van der Waals surface area contributed by atoms with E-state index in [-0.39, 0.29) is 18.2 Å². The van der Waals surface area contributed by atoms with Crippen molar-refractivity contribution in [1.29, 1.82) is 0 Å². The molecule has 1 aliphatic heterocycles. The van der Waals surface area contributed by atoms with E-state index < -0.39 is 6.04 Å². The fourth-order valence-corrected chi connectivity index (χ4v) is 4.38. The molecular weight excluding hydrogens is 390 g/mol. The molecule has 0 bridgehead atoms. The van der Waals surface area contributed by atoms with Crippen LogP contribution in [0, 0.1) is 13.8 Å². The summed E-state index contributed by atoms with van der Waals surface area (Å²) in [6.45, 7) is 3.73. The van der Waals surface area contributed by atoms with E-state index in [1.54, 1.807) is 42.0 Å². The highest BCUT2D eigenvalue weighted by atomic mass is 32.2. The molecule has 1 unspecified atom stereocenters. The van der Waals surface area contributed by atoms with E-state index in [0.717, 1.165) is 11.3 Å². The molecule has 2 amide bonds. The minimum absolute atomic E-state index is 0.0742. The number of nitrogens with one attached hydrogen (secondary N) is 1. The van der Waals surface area contributed by atoms with Gasteiger partial charge in [0, 0.05) is 11.4 Å². The summed E-state index contributed by atoms with van der Waals surface area (Å²) >= 11 is 1.56. The van der Waals surface area contributed by atoms with Crippen molar-refractivity contribution in [2.75, 3.05) is 16.9 Å². The highest BCUT2D eigenvalue weighted by Crippen LogP contribution is 2.26. The Bertz CT molecular complexity index is 1030. The summed E-state index contributed by atoms with van der Waals surface area (Å²) in [5.74, 6) is 2.14. The van der Waals surface area contributed by atoms with Crippen molar-refractivity contribution >= 4 is 29.3 Å². The quantitative estimate of drug-likeness (QED) is 0.690. The van der Waals surface area contributed by atoms with Crippen LogP contribution in [0.2, 0.25) is 0 Å². The molecule has 0 spiro atoms. The Morgan fingerprint density at radius 2 is 2.14 bits per heavy atom. The fraction of sp³-hybridized carbons (Fsp3) is 0.286. The summed E-state index contributed by atoms with van der Waals surface area (Å²) in [7, 11) is 0. The minimum atomic E-state index is -0.509. The third-order valence-corrected chi connectivity index (χ3v) is 5.75. The summed E-state index contributed by atoms with van der Waals surface area (Å²) < 4.78 is 10.9. The summed E-state index contributed by atoms with van der Waals surface area (Å²) in [5.41, 5.74) is 2.34. The van der Waals surface area contributed by atoms with Crippen LogP contribution in [-0.4, -0.2) is 39.4 Å². The number of carbonyl (C=O) groups excluding carboxylic acids is 2. The molecule has 1 N–H and O–H groups in total. The lowest BCUT2D eigenvalue weighted by Gasteiger charge is -2.23. The molecule has 4 rings (SSSR count). The number of rotatable bonds is 5. The number of carbonyl (C=O) groups is 2. The monoisotopic (exact) mass is 411 g/mol. The van der Waals surface area contributed by atoms with Crippen molar-refractivity contribution < 1.29 is 18.4 Å². The van der Waals surface area contributed by atoms with Gasteiger partial charge in [0.1, 0.15) is 11.8 Å². The van der Waals surface area contributed by atoms with Crippen molar-refractivity contribution in [1.82, 2.24) is 9.88 Å². The number of oxazole rings is 1. The van der Waals surface area contributed by atoms with Crippen molar-refractivity contribution in [3.8, 4) is 11.7 Å². The first kappa shape index (κ1) is 19.3. The number of nitrogens with zero attached hydrogens (tertiary/aromatic N) is 2. The van der Waals surface area contributed by atoms with Crippen LogP contribution in [0.25, 0.3) is 11.7 Å². The second-order valence-corrected chi connectivity index (χ2v) is 7.91. The van der Waals surface area contributed by atoms with E-state index in [4.69, 9.17) is 8.83 Å². The van der Waals surface area contributed by atoms with Crippen LogP contribution < -0.4 is 5.32 Å². The van der Waals surface area contributed by atoms with E-state index in [1.165, 1.54) is 0 Å². The summed E-state index contributed by atoms with van der Waals surface area (Å²) in [5, 5.41) is 2.91. The number of aryl methyl sites for hydroxylation is 2. The molecule has 7 nitrogen and oxygen atoms in total. The van der Waals surface area contributed by atoms with Crippen molar-refractivity contribution in [2.45, 2.75) is 26.3 Å². The number of amides is 2. The van der Waals surface area contributed by atoms with Gasteiger partial charge in [-0.25, -0.2) is 4.98 Å². The molecule has 150 valence electrons. The lowest BCUT2D eigenvalue weighted by atomic mass is 10.2. The predicted octanol–water partition coefficient (Wildman–Crippen LogP) is 3.63. The standard InChI is InChI=1S/C21H21N3O4S/c1-13-5-3-6-15(9-13)22-20(26)17-11-29-12-24(17)19(25)10-16-14(2)28-21(23-16)18-7-4-8-27-18/h3-9,17H,10-12H2,1-2H3,(H,22,26). The molecular formula is C21H21N3O4S. The number of thioether (sulfide) groups is 1. The maximum atomic E-state index is 12.9. The van der Waals surface area contributed by atoms with E-state index in [9.17, 15) is 9.59 Å². The number of anilines is 1. The van der Waals surface area contributed by atoms with Crippen LogP contribution in [0.1, 0.15) is 17.0 Å². The molecule has 1 aliphatic rings. The van der Waals surface area contributed by atoms with Gasteiger partial charge in [-0.3, -0.25) is 9.59 Å². The van der Waals surface area contributed by atoms with E-state index >= 15 is 0 Å². The zero-order chi connectivity index (χ0) is 20.4. The first-order valence-corrected chi connectivity index (χ1v) is 10.4. The van der Waals surface area contributed by atoms with Crippen LogP contribution >= 0.6 is 11.8 Å². The smallest absolute Gasteiger partial charge is 0.263 e. The van der Waals surface area contributed by atoms with Crippen LogP contribution in [0.5, 0.6) is 0 Å². The van der Waals surface area contributed by atoms with Gasteiger partial charge in [-0.2, -0.15) is 0 Å².